The molecule has 0 radical (unpaired) electrons. The molecule has 298 valence electrons. The molecule has 10 nitrogen and oxygen atoms in total. The summed E-state index contributed by atoms with van der Waals surface area (Å²) in [6, 6.07) is -0.630. The quantitative estimate of drug-likeness (QED) is 0.142. The number of hydrogen-bond acceptors (Lipinski definition) is 9. The van der Waals surface area contributed by atoms with E-state index in [0.29, 0.717) is 6.42 Å². The molecule has 0 aromatic rings. The maximum Gasteiger partial charge on any atom is 0.346 e. The van der Waals surface area contributed by atoms with Crippen molar-refractivity contribution >= 4 is 17.7 Å². The van der Waals surface area contributed by atoms with E-state index in [1.165, 1.54) is 6.92 Å². The highest BCUT2D eigenvalue weighted by Gasteiger charge is 2.63. The summed E-state index contributed by atoms with van der Waals surface area (Å²) >= 11 is 0. The molecular formula is C44H63NO9. The van der Waals surface area contributed by atoms with Crippen LogP contribution < -0.4 is 5.32 Å². The van der Waals surface area contributed by atoms with Gasteiger partial charge in [0.2, 0.25) is 11.7 Å². The largest absolute Gasteiger partial charge is 0.511 e. The molecule has 6 aliphatic rings. The summed E-state index contributed by atoms with van der Waals surface area (Å²) in [5.41, 5.74) is -2.52. The average molecular weight is 750 g/mol. The Morgan fingerprint density at radius 2 is 1.70 bits per heavy atom. The van der Waals surface area contributed by atoms with Gasteiger partial charge in [-0.15, -0.1) is 0 Å². The number of aliphatic hydroxyl groups excluding tert-OH is 2. The van der Waals surface area contributed by atoms with Crippen LogP contribution in [0.1, 0.15) is 101 Å². The molecular weight excluding hydrogens is 686 g/mol. The van der Waals surface area contributed by atoms with E-state index in [4.69, 9.17) is 14.2 Å². The number of carbonyl (C=O) groups excluding carboxylic acids is 3. The van der Waals surface area contributed by atoms with Gasteiger partial charge < -0.3 is 34.8 Å². The summed E-state index contributed by atoms with van der Waals surface area (Å²) in [5.74, 6) is -3.55. The Labute approximate surface area is 321 Å². The van der Waals surface area contributed by atoms with Gasteiger partial charge >= 0.3 is 5.97 Å². The molecule has 2 heterocycles. The second-order valence-corrected chi connectivity index (χ2v) is 18.2. The molecule has 6 rings (SSSR count). The summed E-state index contributed by atoms with van der Waals surface area (Å²) in [5, 5.41) is 38.6. The second-order valence-electron chi connectivity index (χ2n) is 18.2. The number of amides is 1. The second kappa shape index (κ2) is 14.8. The maximum absolute atomic E-state index is 15.1. The van der Waals surface area contributed by atoms with Crippen LogP contribution >= 0.6 is 0 Å². The van der Waals surface area contributed by atoms with Gasteiger partial charge in [0.05, 0.1) is 30.0 Å². The Bertz CT molecular complexity index is 1670. The third-order valence-electron chi connectivity index (χ3n) is 13.9. The molecule has 1 amide bonds. The number of aliphatic hydroxyl groups is 3. The van der Waals surface area contributed by atoms with Gasteiger partial charge in [-0.3, -0.25) is 9.59 Å². The number of hydrogen-bond donors (Lipinski definition) is 4. The molecule has 3 fully saturated rings. The first kappa shape index (κ1) is 40.6. The minimum atomic E-state index is -1.55. The predicted molar refractivity (Wildman–Crippen MR) is 205 cm³/mol. The number of ketones is 1. The van der Waals surface area contributed by atoms with Crippen molar-refractivity contribution in [1.82, 2.24) is 5.32 Å². The van der Waals surface area contributed by atoms with E-state index in [9.17, 15) is 24.9 Å². The molecule has 16 atom stereocenters. The van der Waals surface area contributed by atoms with Crippen molar-refractivity contribution in [2.45, 2.75) is 143 Å². The van der Waals surface area contributed by atoms with E-state index in [0.717, 1.165) is 30.4 Å². The molecule has 10 heteroatoms. The lowest BCUT2D eigenvalue weighted by Gasteiger charge is -2.55. The fourth-order valence-corrected chi connectivity index (χ4v) is 11.5. The van der Waals surface area contributed by atoms with Crippen molar-refractivity contribution in [2.24, 2.45) is 52.8 Å². The standard InChI is InChI=1S/C44H63NO9/c1-11-12-29-13-14-30-19-26(6)37(53-33-21-42(9,51)38(27(7)52-33)45-28(8)46)25(5)17-22(2)32-16-15-31-35(23(3)18-24(4)36(31)47)43(32,10)39(48)34-40(49)44(30,20-29)54-41(34)50/h13-17,19,23-25,27,29-33,35-38,47-48,51H,11-12,18,20-21H2,1-10H3,(H,45,46)/b22-17+,26-19+,39-34-. The number of fused-ring (bicyclic) bond motifs is 4. The fraction of sp³-hybridized carbons (Fsp3) is 0.705. The highest BCUT2D eigenvalue weighted by atomic mass is 16.7. The number of ether oxygens (including phenoxy) is 3. The average Bonchev–Trinajstić information content (AvgIpc) is 3.32. The van der Waals surface area contributed by atoms with Gasteiger partial charge in [0.25, 0.3) is 0 Å². The molecule has 4 N–H and O–H groups in total. The number of allylic oxidation sites excluding steroid dienone is 4. The lowest BCUT2D eigenvalue weighted by molar-refractivity contribution is -0.256. The maximum atomic E-state index is 15.1. The summed E-state index contributed by atoms with van der Waals surface area (Å²) in [6.07, 6.45) is 12.5. The molecule has 0 aromatic carbocycles. The SMILES string of the molecule is CCCC1C=CC2/C=C(\C)C(OC3CC(C)(O)C(NC(C)=O)C(C)O3)C(C)/C=C(\C)C3C=CC4C(O)C(C)CC(C)C4C3(C)/C(O)=C3/C(=O)OC2(C1)C3=O. The van der Waals surface area contributed by atoms with Crippen LogP contribution in [0.2, 0.25) is 0 Å². The topological polar surface area (TPSA) is 152 Å². The van der Waals surface area contributed by atoms with Crippen LogP contribution in [-0.2, 0) is 28.6 Å². The summed E-state index contributed by atoms with van der Waals surface area (Å²) < 4.78 is 19.5. The Morgan fingerprint density at radius 1 is 1.00 bits per heavy atom. The van der Waals surface area contributed by atoms with Crippen LogP contribution in [0.4, 0.5) is 0 Å². The number of Topliss-reactive ketones (excluding diaryl/α,β-unsaturated/α-hetero) is 1. The van der Waals surface area contributed by atoms with Gasteiger partial charge in [-0.1, -0.05) is 83.1 Å². The first-order valence-electron chi connectivity index (χ1n) is 20.2. The molecule has 4 aliphatic carbocycles. The van der Waals surface area contributed by atoms with E-state index in [1.807, 2.05) is 45.9 Å². The van der Waals surface area contributed by atoms with E-state index in [2.05, 4.69) is 44.3 Å². The van der Waals surface area contributed by atoms with Gasteiger partial charge in [-0.05, 0) is 69.8 Å². The molecule has 1 spiro atoms. The van der Waals surface area contributed by atoms with Crippen LogP contribution in [-0.4, -0.2) is 74.8 Å². The summed E-state index contributed by atoms with van der Waals surface area (Å²) in [7, 11) is 0. The Balaban J connectivity index is 1.52. The van der Waals surface area contributed by atoms with Crippen LogP contribution in [0.25, 0.3) is 0 Å². The van der Waals surface area contributed by atoms with E-state index in [1.54, 1.807) is 13.8 Å². The molecule has 1 saturated carbocycles. The minimum Gasteiger partial charge on any atom is -0.511 e. The van der Waals surface area contributed by atoms with Crippen LogP contribution in [0.5, 0.6) is 0 Å². The van der Waals surface area contributed by atoms with Crippen LogP contribution in [0.3, 0.4) is 0 Å². The summed E-state index contributed by atoms with van der Waals surface area (Å²) in [4.78, 5) is 41.2. The van der Waals surface area contributed by atoms with Crippen molar-refractivity contribution in [2.75, 3.05) is 0 Å². The predicted octanol–water partition coefficient (Wildman–Crippen LogP) is 6.44. The summed E-state index contributed by atoms with van der Waals surface area (Å²) in [6.45, 7) is 19.2. The molecule has 2 aliphatic heterocycles. The van der Waals surface area contributed by atoms with Gasteiger partial charge in [-0.25, -0.2) is 4.79 Å². The zero-order valence-corrected chi connectivity index (χ0v) is 33.8. The Hall–Kier alpha value is -3.05. The highest BCUT2D eigenvalue weighted by molar-refractivity contribution is 6.26. The Morgan fingerprint density at radius 3 is 2.35 bits per heavy atom. The third-order valence-corrected chi connectivity index (χ3v) is 13.9. The monoisotopic (exact) mass is 749 g/mol. The van der Waals surface area contributed by atoms with Crippen molar-refractivity contribution in [3.63, 3.8) is 0 Å². The van der Waals surface area contributed by atoms with Crippen molar-refractivity contribution in [3.8, 4) is 0 Å². The highest BCUT2D eigenvalue weighted by Crippen LogP contribution is 2.60. The van der Waals surface area contributed by atoms with Gasteiger partial charge in [0, 0.05) is 48.9 Å². The zero-order chi connectivity index (χ0) is 39.7. The lowest BCUT2D eigenvalue weighted by Crippen LogP contribution is -2.62. The smallest absolute Gasteiger partial charge is 0.346 e. The number of esters is 1. The van der Waals surface area contributed by atoms with E-state index < -0.39 is 70.8 Å². The molecule has 2 saturated heterocycles. The lowest BCUT2D eigenvalue weighted by atomic mass is 9.49. The number of carbonyl (C=O) groups is 3. The fourth-order valence-electron chi connectivity index (χ4n) is 11.5. The molecule has 0 aromatic heterocycles. The van der Waals surface area contributed by atoms with Crippen LogP contribution in [0, 0.1) is 52.8 Å². The van der Waals surface area contributed by atoms with Crippen LogP contribution in [0.15, 0.2) is 58.9 Å². The van der Waals surface area contributed by atoms with Crippen molar-refractivity contribution in [3.05, 3.63) is 58.9 Å². The first-order valence-corrected chi connectivity index (χ1v) is 20.2. The first-order chi connectivity index (χ1) is 25.3. The normalized spacial score (nSPS) is 49.7. The molecule has 54 heavy (non-hydrogen) atoms. The Kier molecular flexibility index (Phi) is 11.1. The van der Waals surface area contributed by atoms with E-state index in [-0.39, 0.29) is 59.2 Å². The van der Waals surface area contributed by atoms with Gasteiger partial charge in [-0.2, -0.15) is 0 Å². The number of nitrogens with one attached hydrogen (secondary N) is 1. The molecule has 2 bridgehead atoms. The van der Waals surface area contributed by atoms with Crippen molar-refractivity contribution in [1.29, 1.82) is 0 Å². The van der Waals surface area contributed by atoms with Crippen molar-refractivity contribution < 1.29 is 43.9 Å². The zero-order valence-electron chi connectivity index (χ0n) is 33.8. The number of rotatable bonds is 5. The van der Waals surface area contributed by atoms with E-state index >= 15 is 4.79 Å². The minimum absolute atomic E-state index is 0.00000987. The van der Waals surface area contributed by atoms with Gasteiger partial charge in [0.1, 0.15) is 11.3 Å². The van der Waals surface area contributed by atoms with Gasteiger partial charge in [0.15, 0.2) is 11.9 Å². The third kappa shape index (κ3) is 6.77. The molecule has 16 unspecified atom stereocenters.